The number of fused-ring (bicyclic) bond motifs is 1. The second-order valence-corrected chi connectivity index (χ2v) is 10.1. The highest BCUT2D eigenvalue weighted by molar-refractivity contribution is 7.12. The zero-order chi connectivity index (χ0) is 24.6. The number of benzene rings is 1. The number of pyridine rings is 2. The Morgan fingerprint density at radius 1 is 1.11 bits per heavy atom. The largest absolute Gasteiger partial charge is 0.457 e. The number of imidazole rings is 1. The van der Waals surface area contributed by atoms with E-state index in [4.69, 9.17) is 4.74 Å². The molecule has 0 aliphatic carbocycles. The summed E-state index contributed by atoms with van der Waals surface area (Å²) < 4.78 is 5.70. The number of likely N-dealkylation sites (N-methyl/N-ethyl adjacent to an activating group) is 1. The van der Waals surface area contributed by atoms with Crippen LogP contribution in [0.1, 0.15) is 21.8 Å². The van der Waals surface area contributed by atoms with Crippen molar-refractivity contribution in [2.45, 2.75) is 19.4 Å². The van der Waals surface area contributed by atoms with Crippen molar-refractivity contribution in [3.63, 3.8) is 0 Å². The highest BCUT2D eigenvalue weighted by atomic mass is 32.1. The number of aryl methyl sites for hydroxylation is 1. The van der Waals surface area contributed by atoms with Crippen LogP contribution >= 0.6 is 11.3 Å². The number of ether oxygens (including phenoxy) is 1. The maximum absolute atomic E-state index is 12.6. The molecule has 0 unspecified atom stereocenters. The molecule has 0 saturated carbocycles. The van der Waals surface area contributed by atoms with Crippen LogP contribution in [0.2, 0.25) is 0 Å². The summed E-state index contributed by atoms with van der Waals surface area (Å²) in [4.78, 5) is 32.6. The summed E-state index contributed by atoms with van der Waals surface area (Å²) in [6.45, 7) is 3.73. The van der Waals surface area contributed by atoms with E-state index in [1.165, 1.54) is 11.3 Å². The lowest BCUT2D eigenvalue weighted by Gasteiger charge is -2.11. The number of esters is 1. The normalized spacial score (nSPS) is 16.0. The summed E-state index contributed by atoms with van der Waals surface area (Å²) in [6.07, 6.45) is 4.40. The standard InChI is InChI=1S/C28H25N5O2S/c1-17-4-3-5-24(32-17)27-26(30-16-31-27)18-6-7-23-19(10-18)11-20(13-29-23)21-12-25(36-15-21)28(34)35-22-8-9-33(2)14-22/h3-7,10-13,15-16,22H,8-9,14H2,1-2H3,(H,30,31)/t22-/m0/s1. The van der Waals surface area contributed by atoms with Gasteiger partial charge in [-0.3, -0.25) is 9.97 Å². The summed E-state index contributed by atoms with van der Waals surface area (Å²) in [5, 5.41) is 2.99. The molecule has 4 aromatic heterocycles. The van der Waals surface area contributed by atoms with Crippen molar-refractivity contribution in [2.24, 2.45) is 0 Å². The Morgan fingerprint density at radius 3 is 2.83 bits per heavy atom. The summed E-state index contributed by atoms with van der Waals surface area (Å²) in [5.41, 5.74) is 7.34. The van der Waals surface area contributed by atoms with Gasteiger partial charge in [0, 0.05) is 41.5 Å². The zero-order valence-electron chi connectivity index (χ0n) is 20.1. The van der Waals surface area contributed by atoms with Crippen LogP contribution < -0.4 is 0 Å². The number of likely N-dealkylation sites (tertiary alicyclic amines) is 1. The molecule has 1 N–H and O–H groups in total. The molecular formula is C28H25N5O2S. The van der Waals surface area contributed by atoms with E-state index < -0.39 is 0 Å². The first-order valence-corrected chi connectivity index (χ1v) is 12.8. The minimum absolute atomic E-state index is 0.0317. The third kappa shape index (κ3) is 4.41. The van der Waals surface area contributed by atoms with Crippen molar-refractivity contribution >= 4 is 28.2 Å². The van der Waals surface area contributed by atoms with Crippen LogP contribution in [0, 0.1) is 6.92 Å². The van der Waals surface area contributed by atoms with Crippen LogP contribution in [-0.2, 0) is 4.74 Å². The Morgan fingerprint density at radius 2 is 2.00 bits per heavy atom. The van der Waals surface area contributed by atoms with Gasteiger partial charge in [-0.25, -0.2) is 9.78 Å². The second-order valence-electron chi connectivity index (χ2n) is 9.20. The van der Waals surface area contributed by atoms with Gasteiger partial charge in [0.2, 0.25) is 0 Å². The fourth-order valence-corrected chi connectivity index (χ4v) is 5.42. The highest BCUT2D eigenvalue weighted by Crippen LogP contribution is 2.32. The lowest BCUT2D eigenvalue weighted by Crippen LogP contribution is -2.21. The van der Waals surface area contributed by atoms with Crippen LogP contribution in [0.25, 0.3) is 44.7 Å². The van der Waals surface area contributed by atoms with Gasteiger partial charge in [0.15, 0.2) is 0 Å². The second kappa shape index (κ2) is 9.29. The van der Waals surface area contributed by atoms with E-state index in [0.717, 1.165) is 69.9 Å². The highest BCUT2D eigenvalue weighted by Gasteiger charge is 2.24. The van der Waals surface area contributed by atoms with Gasteiger partial charge in [-0.2, -0.15) is 0 Å². The molecule has 1 fully saturated rings. The first kappa shape index (κ1) is 22.6. The lowest BCUT2D eigenvalue weighted by atomic mass is 10.0. The fourth-order valence-electron chi connectivity index (χ4n) is 4.62. The summed E-state index contributed by atoms with van der Waals surface area (Å²) in [6, 6.07) is 16.1. The first-order chi connectivity index (χ1) is 17.5. The number of H-pyrrole nitrogens is 1. The number of nitrogens with zero attached hydrogens (tertiary/aromatic N) is 4. The minimum Gasteiger partial charge on any atom is -0.457 e. The Labute approximate surface area is 212 Å². The van der Waals surface area contributed by atoms with E-state index in [0.29, 0.717) is 4.88 Å². The third-order valence-electron chi connectivity index (χ3n) is 6.49. The van der Waals surface area contributed by atoms with Gasteiger partial charge in [-0.15, -0.1) is 11.3 Å². The number of aromatic amines is 1. The maximum atomic E-state index is 12.6. The maximum Gasteiger partial charge on any atom is 0.348 e. The Hall–Kier alpha value is -3.88. The molecule has 8 heteroatoms. The number of nitrogens with one attached hydrogen (secondary N) is 1. The molecule has 0 amide bonds. The molecule has 5 aromatic rings. The van der Waals surface area contributed by atoms with Crippen molar-refractivity contribution in [2.75, 3.05) is 20.1 Å². The minimum atomic E-state index is -0.251. The van der Waals surface area contributed by atoms with E-state index in [9.17, 15) is 4.79 Å². The number of aromatic nitrogens is 4. The molecule has 1 aliphatic heterocycles. The summed E-state index contributed by atoms with van der Waals surface area (Å²) in [5.74, 6) is -0.251. The summed E-state index contributed by atoms with van der Waals surface area (Å²) >= 11 is 1.41. The van der Waals surface area contributed by atoms with E-state index in [1.54, 1.807) is 6.33 Å². The van der Waals surface area contributed by atoms with Crippen LogP contribution in [0.3, 0.4) is 0 Å². The van der Waals surface area contributed by atoms with Crippen molar-refractivity contribution in [3.05, 3.63) is 77.0 Å². The number of thiophene rings is 1. The predicted molar refractivity (Wildman–Crippen MR) is 142 cm³/mol. The Balaban J connectivity index is 1.29. The average Bonchev–Trinajstić information content (AvgIpc) is 3.64. The quantitative estimate of drug-likeness (QED) is 0.320. The molecule has 1 atom stereocenters. The van der Waals surface area contributed by atoms with Crippen molar-refractivity contribution in [1.82, 2.24) is 24.8 Å². The fraction of sp³-hybridized carbons (Fsp3) is 0.214. The SMILES string of the molecule is Cc1cccc(-c2[nH]cnc2-c2ccc3ncc(-c4csc(C(=O)O[C@H]5CCN(C)C5)c4)cc3c2)n1. The third-order valence-corrected chi connectivity index (χ3v) is 7.40. The van der Waals surface area contributed by atoms with Crippen molar-refractivity contribution in [1.29, 1.82) is 0 Å². The molecule has 36 heavy (non-hydrogen) atoms. The van der Waals surface area contributed by atoms with Crippen molar-refractivity contribution in [3.8, 4) is 33.8 Å². The molecule has 5 heterocycles. The number of hydrogen-bond donors (Lipinski definition) is 1. The molecule has 1 aliphatic rings. The predicted octanol–water partition coefficient (Wildman–Crippen LogP) is 5.58. The average molecular weight is 496 g/mol. The summed E-state index contributed by atoms with van der Waals surface area (Å²) in [7, 11) is 2.04. The Kier molecular flexibility index (Phi) is 5.83. The van der Waals surface area contributed by atoms with Crippen LogP contribution in [0.5, 0.6) is 0 Å². The van der Waals surface area contributed by atoms with E-state index in [-0.39, 0.29) is 12.1 Å². The molecule has 0 radical (unpaired) electrons. The lowest BCUT2D eigenvalue weighted by molar-refractivity contribution is 0.0333. The van der Waals surface area contributed by atoms with Gasteiger partial charge < -0.3 is 14.6 Å². The number of carbonyl (C=O) groups is 1. The van der Waals surface area contributed by atoms with Gasteiger partial charge in [0.25, 0.3) is 0 Å². The molecule has 180 valence electrons. The van der Waals surface area contributed by atoms with Gasteiger partial charge >= 0.3 is 5.97 Å². The topological polar surface area (TPSA) is 84.0 Å². The first-order valence-electron chi connectivity index (χ1n) is 11.9. The molecule has 6 rings (SSSR count). The number of rotatable bonds is 5. The van der Waals surface area contributed by atoms with Crippen molar-refractivity contribution < 1.29 is 9.53 Å². The Bertz CT molecular complexity index is 1570. The van der Waals surface area contributed by atoms with Gasteiger partial charge in [0.05, 0.1) is 28.9 Å². The molecule has 0 spiro atoms. The molecule has 0 bridgehead atoms. The molecule has 1 saturated heterocycles. The smallest absolute Gasteiger partial charge is 0.348 e. The number of carbonyl (C=O) groups excluding carboxylic acids is 1. The van der Waals surface area contributed by atoms with E-state index in [2.05, 4.69) is 37.0 Å². The number of hydrogen-bond acceptors (Lipinski definition) is 7. The monoisotopic (exact) mass is 495 g/mol. The van der Waals surface area contributed by atoms with Gasteiger partial charge in [-0.1, -0.05) is 12.1 Å². The molecule has 1 aromatic carbocycles. The molecule has 7 nitrogen and oxygen atoms in total. The van der Waals surface area contributed by atoms with E-state index in [1.807, 2.05) is 61.9 Å². The van der Waals surface area contributed by atoms with Gasteiger partial charge in [0.1, 0.15) is 11.0 Å². The van der Waals surface area contributed by atoms with E-state index >= 15 is 0 Å². The molecular weight excluding hydrogens is 470 g/mol. The van der Waals surface area contributed by atoms with Crippen LogP contribution in [0.15, 0.2) is 66.4 Å². The zero-order valence-corrected chi connectivity index (χ0v) is 20.9. The van der Waals surface area contributed by atoms with Crippen LogP contribution in [-0.4, -0.2) is 57.0 Å². The van der Waals surface area contributed by atoms with Crippen LogP contribution in [0.4, 0.5) is 0 Å². The van der Waals surface area contributed by atoms with Gasteiger partial charge in [-0.05, 0) is 67.7 Å².